The van der Waals surface area contributed by atoms with Crippen molar-refractivity contribution in [1.29, 1.82) is 0 Å². The lowest BCUT2D eigenvalue weighted by Gasteiger charge is -2.22. The summed E-state index contributed by atoms with van der Waals surface area (Å²) in [4.78, 5) is 12.4. The maximum absolute atomic E-state index is 12.4. The Morgan fingerprint density at radius 1 is 1.10 bits per heavy atom. The topological polar surface area (TPSA) is 84.9 Å². The number of hydrogen-bond donors (Lipinski definition) is 1. The first kappa shape index (κ1) is 24.5. The Morgan fingerprint density at radius 3 is 2.42 bits per heavy atom. The molecule has 0 unspecified atom stereocenters. The summed E-state index contributed by atoms with van der Waals surface area (Å²) in [6.07, 6.45) is 2.72. The highest BCUT2D eigenvalue weighted by Gasteiger charge is 2.20. The number of rotatable bonds is 12. The van der Waals surface area contributed by atoms with Gasteiger partial charge in [0.15, 0.2) is 0 Å². The maximum atomic E-state index is 12.4. The third kappa shape index (κ3) is 8.49. The molecular weight excluding hydrogens is 416 g/mol. The van der Waals surface area contributed by atoms with Gasteiger partial charge in [-0.05, 0) is 75.6 Å². The molecule has 0 aliphatic rings. The van der Waals surface area contributed by atoms with Crippen LogP contribution in [-0.2, 0) is 21.2 Å². The molecule has 1 amide bonds. The van der Waals surface area contributed by atoms with Gasteiger partial charge in [0.05, 0.1) is 24.7 Å². The Balaban J connectivity index is 1.88. The van der Waals surface area contributed by atoms with Gasteiger partial charge < -0.3 is 14.8 Å². The number of hydrogen-bond acceptors (Lipinski definition) is 5. The predicted octanol–water partition coefficient (Wildman–Crippen LogP) is 3.39. The molecule has 2 aromatic carbocycles. The summed E-state index contributed by atoms with van der Waals surface area (Å²) >= 11 is 0. The molecule has 31 heavy (non-hydrogen) atoms. The van der Waals surface area contributed by atoms with Crippen molar-refractivity contribution in [1.82, 2.24) is 5.32 Å². The zero-order valence-corrected chi connectivity index (χ0v) is 19.4. The van der Waals surface area contributed by atoms with Gasteiger partial charge in [-0.25, -0.2) is 8.42 Å². The predicted molar refractivity (Wildman–Crippen MR) is 123 cm³/mol. The molecule has 0 radical (unpaired) electrons. The molecule has 0 saturated carbocycles. The zero-order valence-electron chi connectivity index (χ0n) is 18.6. The van der Waals surface area contributed by atoms with E-state index in [9.17, 15) is 13.2 Å². The maximum Gasteiger partial charge on any atom is 0.240 e. The van der Waals surface area contributed by atoms with Crippen LogP contribution in [0.3, 0.4) is 0 Å². The lowest BCUT2D eigenvalue weighted by atomic mass is 10.1. The number of carbonyl (C=O) groups is 1. The molecule has 0 bridgehead atoms. The summed E-state index contributed by atoms with van der Waals surface area (Å²) in [5.74, 6) is 1.12. The molecule has 170 valence electrons. The number of carbonyl (C=O) groups excluding carboxylic acids is 1. The average Bonchev–Trinajstić information content (AvgIpc) is 2.69. The van der Waals surface area contributed by atoms with Crippen molar-refractivity contribution in [3.63, 3.8) is 0 Å². The van der Waals surface area contributed by atoms with E-state index in [-0.39, 0.29) is 18.6 Å². The number of nitrogens with one attached hydrogen (secondary N) is 1. The van der Waals surface area contributed by atoms with Crippen LogP contribution in [0.2, 0.25) is 0 Å². The van der Waals surface area contributed by atoms with E-state index in [2.05, 4.69) is 5.32 Å². The highest BCUT2D eigenvalue weighted by atomic mass is 32.2. The summed E-state index contributed by atoms with van der Waals surface area (Å²) < 4.78 is 36.6. The van der Waals surface area contributed by atoms with Crippen molar-refractivity contribution in [3.05, 3.63) is 54.1 Å². The fraction of sp³-hybridized carbons (Fsp3) is 0.435. The van der Waals surface area contributed by atoms with Crippen LogP contribution in [0.1, 0.15) is 32.8 Å². The number of sulfonamides is 1. The summed E-state index contributed by atoms with van der Waals surface area (Å²) in [5.41, 5.74) is 1.54. The van der Waals surface area contributed by atoms with Crippen LogP contribution < -0.4 is 19.1 Å². The van der Waals surface area contributed by atoms with Crippen LogP contribution in [0, 0.1) is 0 Å². The van der Waals surface area contributed by atoms with E-state index in [1.165, 1.54) is 0 Å². The van der Waals surface area contributed by atoms with Crippen LogP contribution >= 0.6 is 0 Å². The van der Waals surface area contributed by atoms with E-state index in [1.807, 2.05) is 45.0 Å². The SMILES string of the molecule is CCOc1ccc(N(CC(=O)NCCCc2cccc(OC(C)C)c2)S(C)(=O)=O)cc1. The van der Waals surface area contributed by atoms with Crippen LogP contribution in [-0.4, -0.2) is 46.4 Å². The van der Waals surface area contributed by atoms with Gasteiger partial charge in [-0.15, -0.1) is 0 Å². The van der Waals surface area contributed by atoms with Gasteiger partial charge in [-0.3, -0.25) is 9.10 Å². The van der Waals surface area contributed by atoms with Crippen molar-refractivity contribution >= 4 is 21.6 Å². The van der Waals surface area contributed by atoms with Crippen molar-refractivity contribution < 1.29 is 22.7 Å². The monoisotopic (exact) mass is 448 g/mol. The first-order valence-corrected chi connectivity index (χ1v) is 12.3. The first-order chi connectivity index (χ1) is 14.7. The third-order valence-corrected chi connectivity index (χ3v) is 5.50. The second-order valence-corrected chi connectivity index (χ2v) is 9.37. The number of anilines is 1. The van der Waals surface area contributed by atoms with E-state index < -0.39 is 10.0 Å². The van der Waals surface area contributed by atoms with Crippen molar-refractivity contribution in [3.8, 4) is 11.5 Å². The van der Waals surface area contributed by atoms with Gasteiger partial charge in [0.1, 0.15) is 18.0 Å². The van der Waals surface area contributed by atoms with E-state index in [0.717, 1.165) is 34.7 Å². The van der Waals surface area contributed by atoms with Crippen LogP contribution in [0.15, 0.2) is 48.5 Å². The fourth-order valence-corrected chi connectivity index (χ4v) is 3.88. The Bertz CT molecular complexity index is 943. The molecule has 0 fully saturated rings. The molecule has 2 rings (SSSR count). The summed E-state index contributed by atoms with van der Waals surface area (Å²) in [6, 6.07) is 14.5. The first-order valence-electron chi connectivity index (χ1n) is 10.4. The molecule has 0 spiro atoms. The minimum absolute atomic E-state index is 0.114. The minimum atomic E-state index is -3.61. The molecule has 0 heterocycles. The molecule has 0 saturated heterocycles. The van der Waals surface area contributed by atoms with Crippen molar-refractivity contribution in [2.75, 3.05) is 30.3 Å². The van der Waals surface area contributed by atoms with Gasteiger partial charge in [0, 0.05) is 6.54 Å². The molecule has 2 aromatic rings. The molecule has 0 aromatic heterocycles. The molecule has 1 N–H and O–H groups in total. The molecule has 0 aliphatic carbocycles. The van der Waals surface area contributed by atoms with Gasteiger partial charge in [0.25, 0.3) is 0 Å². The highest BCUT2D eigenvalue weighted by molar-refractivity contribution is 7.92. The highest BCUT2D eigenvalue weighted by Crippen LogP contribution is 2.21. The summed E-state index contributed by atoms with van der Waals surface area (Å²) in [5, 5.41) is 2.80. The molecule has 0 aliphatic heterocycles. The van der Waals surface area contributed by atoms with Crippen molar-refractivity contribution in [2.45, 2.75) is 39.7 Å². The summed E-state index contributed by atoms with van der Waals surface area (Å²) in [6.45, 7) is 6.54. The Hall–Kier alpha value is -2.74. The van der Waals surface area contributed by atoms with Gasteiger partial charge in [-0.2, -0.15) is 0 Å². The van der Waals surface area contributed by atoms with Gasteiger partial charge in [-0.1, -0.05) is 12.1 Å². The van der Waals surface area contributed by atoms with E-state index in [0.29, 0.717) is 24.6 Å². The minimum Gasteiger partial charge on any atom is -0.494 e. The Kier molecular flexibility index (Phi) is 9.18. The largest absolute Gasteiger partial charge is 0.494 e. The number of benzene rings is 2. The quantitative estimate of drug-likeness (QED) is 0.503. The Labute approximate surface area is 185 Å². The fourth-order valence-electron chi connectivity index (χ4n) is 3.03. The zero-order chi connectivity index (χ0) is 22.9. The number of aryl methyl sites for hydroxylation is 1. The second kappa shape index (κ2) is 11.6. The third-order valence-electron chi connectivity index (χ3n) is 4.36. The number of nitrogens with zero attached hydrogens (tertiary/aromatic N) is 1. The molecule has 0 atom stereocenters. The Morgan fingerprint density at radius 2 is 1.81 bits per heavy atom. The van der Waals surface area contributed by atoms with Crippen LogP contribution in [0.4, 0.5) is 5.69 Å². The summed E-state index contributed by atoms with van der Waals surface area (Å²) in [7, 11) is -3.61. The van der Waals surface area contributed by atoms with Crippen molar-refractivity contribution in [2.24, 2.45) is 0 Å². The smallest absolute Gasteiger partial charge is 0.240 e. The number of amides is 1. The van der Waals surface area contributed by atoms with Crippen LogP contribution in [0.5, 0.6) is 11.5 Å². The lowest BCUT2D eigenvalue weighted by Crippen LogP contribution is -2.40. The average molecular weight is 449 g/mol. The van der Waals surface area contributed by atoms with Gasteiger partial charge >= 0.3 is 0 Å². The molecular formula is C23H32N2O5S. The molecule has 8 heteroatoms. The second-order valence-electron chi connectivity index (χ2n) is 7.46. The van der Waals surface area contributed by atoms with Crippen LogP contribution in [0.25, 0.3) is 0 Å². The standard InChI is InChI=1S/C23H32N2O5S/c1-5-29-21-13-11-20(12-14-21)25(31(4,27)28)17-23(26)24-15-7-9-19-8-6-10-22(16-19)30-18(2)3/h6,8,10-14,16,18H,5,7,9,15,17H2,1-4H3,(H,24,26). The van der Waals surface area contributed by atoms with E-state index in [1.54, 1.807) is 24.3 Å². The van der Waals surface area contributed by atoms with E-state index in [4.69, 9.17) is 9.47 Å². The molecule has 7 nitrogen and oxygen atoms in total. The normalized spacial score (nSPS) is 11.3. The lowest BCUT2D eigenvalue weighted by molar-refractivity contribution is -0.119. The van der Waals surface area contributed by atoms with Gasteiger partial charge in [0.2, 0.25) is 15.9 Å². The number of ether oxygens (including phenoxy) is 2. The van der Waals surface area contributed by atoms with E-state index >= 15 is 0 Å².